The van der Waals surface area contributed by atoms with Gasteiger partial charge in [0.05, 0.1) is 4.87 Å². The molecular weight excluding hydrogens is 206 g/mol. The molecule has 0 radical (unpaired) electrons. The molecular formula is C6H15N3O2SSi. The molecule has 7 heteroatoms. The summed E-state index contributed by atoms with van der Waals surface area (Å²) in [6, 6.07) is 0. The Kier molecular flexibility index (Phi) is 5.77. The van der Waals surface area contributed by atoms with Gasteiger partial charge in [0, 0.05) is 19.7 Å². The van der Waals surface area contributed by atoms with Crippen LogP contribution >= 0.6 is 0 Å². The highest BCUT2D eigenvalue weighted by Crippen LogP contribution is 2.10. The van der Waals surface area contributed by atoms with E-state index in [0.717, 1.165) is 19.3 Å². The monoisotopic (exact) mass is 221 g/mol. The third-order valence-electron chi connectivity index (χ3n) is 1.87. The molecule has 0 aliphatic carbocycles. The highest BCUT2D eigenvalue weighted by Gasteiger charge is 2.17. The molecule has 0 amide bonds. The predicted molar refractivity (Wildman–Crippen MR) is 55.9 cm³/mol. The molecule has 0 saturated heterocycles. The van der Waals surface area contributed by atoms with Gasteiger partial charge in [-0.3, -0.25) is 0 Å². The van der Waals surface area contributed by atoms with Crippen molar-refractivity contribution in [2.24, 2.45) is 4.52 Å². The summed E-state index contributed by atoms with van der Waals surface area (Å²) in [5, 5.41) is 0. The molecule has 0 fully saturated rings. The Hall–Kier alpha value is -0.523. The third kappa shape index (κ3) is 4.92. The molecule has 0 aromatic heterocycles. The third-order valence-corrected chi connectivity index (χ3v) is 5.79. The van der Waals surface area contributed by atoms with Crippen LogP contribution in [0.25, 0.3) is 10.4 Å². The molecule has 0 heterocycles. The minimum Gasteiger partial charge on any atom is -0.221 e. The summed E-state index contributed by atoms with van der Waals surface area (Å²) < 4.78 is 25.1. The van der Waals surface area contributed by atoms with E-state index >= 15 is 0 Å². The highest BCUT2D eigenvalue weighted by atomic mass is 32.2. The molecule has 0 saturated carbocycles. The van der Waals surface area contributed by atoms with E-state index < -0.39 is 14.9 Å². The summed E-state index contributed by atoms with van der Waals surface area (Å²) >= 11 is 0. The van der Waals surface area contributed by atoms with Crippen LogP contribution in [0, 0.1) is 0 Å². The molecule has 0 aliphatic rings. The minimum absolute atomic E-state index is 0.421. The predicted octanol–water partition coefficient (Wildman–Crippen LogP) is 0.898. The van der Waals surface area contributed by atoms with E-state index in [9.17, 15) is 8.42 Å². The maximum Gasteiger partial charge on any atom is 0.234 e. The van der Waals surface area contributed by atoms with Gasteiger partial charge in [0.25, 0.3) is 0 Å². The van der Waals surface area contributed by atoms with E-state index in [0.29, 0.717) is 16.7 Å². The Labute approximate surface area is 81.6 Å². The van der Waals surface area contributed by atoms with Crippen molar-refractivity contribution in [2.75, 3.05) is 0 Å². The molecule has 1 atom stereocenters. The van der Waals surface area contributed by atoms with Crippen molar-refractivity contribution in [3.63, 3.8) is 0 Å². The van der Waals surface area contributed by atoms with Gasteiger partial charge in [0.2, 0.25) is 10.0 Å². The van der Waals surface area contributed by atoms with Gasteiger partial charge < -0.3 is 0 Å². The summed E-state index contributed by atoms with van der Waals surface area (Å²) in [7, 11) is -3.00. The zero-order valence-corrected chi connectivity index (χ0v) is 10.8. The summed E-state index contributed by atoms with van der Waals surface area (Å²) in [5.41, 5.74) is 8.02. The molecule has 5 nitrogen and oxygen atoms in total. The molecule has 13 heavy (non-hydrogen) atoms. The summed E-state index contributed by atoms with van der Waals surface area (Å²) in [5.74, 6) is 0. The number of hydrogen-bond donors (Lipinski definition) is 0. The number of sulfonamides is 1. The normalized spacial score (nSPS) is 13.6. The molecule has 0 bridgehead atoms. The zero-order valence-electron chi connectivity index (χ0n) is 7.97. The van der Waals surface area contributed by atoms with Crippen molar-refractivity contribution < 1.29 is 8.42 Å². The summed E-state index contributed by atoms with van der Waals surface area (Å²) in [6.07, 6.45) is 3.62. The summed E-state index contributed by atoms with van der Waals surface area (Å²) in [6.45, 7) is 2.06. The number of hydrogen-bond acceptors (Lipinski definition) is 2. The SMILES string of the molecule is CCCCCC([SiH3])S(=O)(=O)N=[N+]=[N-]. The van der Waals surface area contributed by atoms with Crippen LogP contribution in [0.1, 0.15) is 32.6 Å². The molecule has 0 spiro atoms. The second-order valence-corrected chi connectivity index (χ2v) is 7.22. The molecule has 0 rings (SSSR count). The Balaban J connectivity index is 4.10. The van der Waals surface area contributed by atoms with Crippen LogP contribution in [0.15, 0.2) is 4.52 Å². The quantitative estimate of drug-likeness (QED) is 0.219. The van der Waals surface area contributed by atoms with Gasteiger partial charge in [-0.05, 0) is 12.0 Å². The molecule has 0 aromatic carbocycles. The lowest BCUT2D eigenvalue weighted by atomic mass is 10.2. The van der Waals surface area contributed by atoms with Gasteiger partial charge in [-0.25, -0.2) is 8.42 Å². The van der Waals surface area contributed by atoms with E-state index in [1.54, 1.807) is 0 Å². The lowest BCUT2D eigenvalue weighted by molar-refractivity contribution is 0.584. The fraction of sp³-hybridized carbons (Fsp3) is 1.00. The fourth-order valence-electron chi connectivity index (χ4n) is 0.962. The first-order valence-electron chi connectivity index (χ1n) is 4.34. The van der Waals surface area contributed by atoms with E-state index in [2.05, 4.69) is 16.4 Å². The first-order valence-corrected chi connectivity index (χ1v) is 7.00. The average molecular weight is 221 g/mol. The van der Waals surface area contributed by atoms with Crippen molar-refractivity contribution in [3.8, 4) is 0 Å². The molecule has 0 N–H and O–H groups in total. The topological polar surface area (TPSA) is 82.9 Å². The van der Waals surface area contributed by atoms with Crippen molar-refractivity contribution in [1.29, 1.82) is 0 Å². The molecule has 0 aliphatic heterocycles. The lowest BCUT2D eigenvalue weighted by Crippen LogP contribution is -2.18. The van der Waals surface area contributed by atoms with Gasteiger partial charge in [-0.1, -0.05) is 26.2 Å². The van der Waals surface area contributed by atoms with Crippen molar-refractivity contribution in [3.05, 3.63) is 10.4 Å². The van der Waals surface area contributed by atoms with Crippen LogP contribution in [0.5, 0.6) is 0 Å². The Morgan fingerprint density at radius 1 is 1.54 bits per heavy atom. The second kappa shape index (κ2) is 6.01. The van der Waals surface area contributed by atoms with Gasteiger partial charge >= 0.3 is 0 Å². The maximum absolute atomic E-state index is 11.1. The van der Waals surface area contributed by atoms with Crippen LogP contribution in [0.4, 0.5) is 0 Å². The van der Waals surface area contributed by atoms with Crippen molar-refractivity contribution >= 4 is 20.3 Å². The van der Waals surface area contributed by atoms with E-state index in [1.165, 1.54) is 0 Å². The molecule has 76 valence electrons. The standard InChI is InChI=1S/C6H15N3O2SSi/c1-2-3-4-5-6(13)12(10,11)9-8-7/h6H,2-5H2,1,13H3. The molecule has 1 unspecified atom stereocenters. The Morgan fingerprint density at radius 3 is 2.62 bits per heavy atom. The maximum atomic E-state index is 11.1. The highest BCUT2D eigenvalue weighted by molar-refractivity contribution is 7.91. The fourth-order valence-corrected chi connectivity index (χ4v) is 2.38. The summed E-state index contributed by atoms with van der Waals surface area (Å²) in [4.78, 5) is 1.89. The minimum atomic E-state index is -3.52. The van der Waals surface area contributed by atoms with Crippen LogP contribution < -0.4 is 0 Å². The number of nitrogens with zero attached hydrogens (tertiary/aromatic N) is 3. The van der Waals surface area contributed by atoms with E-state index in [4.69, 9.17) is 5.53 Å². The lowest BCUT2D eigenvalue weighted by Gasteiger charge is -2.06. The smallest absolute Gasteiger partial charge is 0.221 e. The van der Waals surface area contributed by atoms with Crippen molar-refractivity contribution in [2.45, 2.75) is 37.5 Å². The number of azide groups is 1. The van der Waals surface area contributed by atoms with Gasteiger partial charge in [0.1, 0.15) is 0 Å². The van der Waals surface area contributed by atoms with E-state index in [1.807, 2.05) is 0 Å². The van der Waals surface area contributed by atoms with Crippen LogP contribution in [-0.2, 0) is 10.0 Å². The zero-order chi connectivity index (χ0) is 10.3. The van der Waals surface area contributed by atoms with Crippen LogP contribution in [-0.4, -0.2) is 23.5 Å². The first-order chi connectivity index (χ1) is 6.04. The first kappa shape index (κ1) is 12.5. The Morgan fingerprint density at radius 2 is 2.15 bits per heavy atom. The largest absolute Gasteiger partial charge is 0.234 e. The van der Waals surface area contributed by atoms with Gasteiger partial charge in [-0.15, -0.1) is 0 Å². The number of unbranched alkanes of at least 4 members (excludes halogenated alkanes) is 2. The van der Waals surface area contributed by atoms with E-state index in [-0.39, 0.29) is 0 Å². The van der Waals surface area contributed by atoms with Crippen molar-refractivity contribution in [1.82, 2.24) is 0 Å². The molecule has 0 aromatic rings. The second-order valence-electron chi connectivity index (χ2n) is 2.99. The van der Waals surface area contributed by atoms with Crippen LogP contribution in [0.3, 0.4) is 0 Å². The van der Waals surface area contributed by atoms with Crippen LogP contribution in [0.2, 0.25) is 0 Å². The van der Waals surface area contributed by atoms with Gasteiger partial charge in [-0.2, -0.15) is 0 Å². The Bertz CT molecular complexity index is 284. The average Bonchev–Trinajstić information content (AvgIpc) is 2.04. The number of rotatable bonds is 6. The van der Waals surface area contributed by atoms with Gasteiger partial charge in [0.15, 0.2) is 0 Å².